The molecule has 162 valence electrons. The highest BCUT2D eigenvalue weighted by Gasteiger charge is 2.26. The first-order valence-electron chi connectivity index (χ1n) is 8.46. The van der Waals surface area contributed by atoms with Crippen LogP contribution in [0, 0.1) is 0 Å². The number of sulfone groups is 1. The summed E-state index contributed by atoms with van der Waals surface area (Å²) in [7, 11) is -1.77. The van der Waals surface area contributed by atoms with Crippen LogP contribution in [0.5, 0.6) is 11.5 Å². The van der Waals surface area contributed by atoms with Crippen LogP contribution in [-0.4, -0.2) is 46.9 Å². The van der Waals surface area contributed by atoms with Gasteiger partial charge in [0.05, 0.1) is 24.7 Å². The first kappa shape index (κ1) is 23.1. The molecule has 30 heavy (non-hydrogen) atoms. The fourth-order valence-corrected chi connectivity index (χ4v) is 3.06. The van der Waals surface area contributed by atoms with E-state index in [1.54, 1.807) is 18.2 Å². The molecule has 1 amide bonds. The van der Waals surface area contributed by atoms with Gasteiger partial charge in [-0.3, -0.25) is 4.79 Å². The summed E-state index contributed by atoms with van der Waals surface area (Å²) in [6, 6.07) is 8.88. The second-order valence-corrected chi connectivity index (χ2v) is 7.79. The molecule has 2 aromatic rings. The maximum absolute atomic E-state index is 12.5. The summed E-state index contributed by atoms with van der Waals surface area (Å²) in [6.07, 6.45) is 0. The molecular formula is C19H19F2NO7S. The van der Waals surface area contributed by atoms with Crippen LogP contribution >= 0.6 is 0 Å². The fraction of sp³-hybridized carbons (Fsp3) is 0.263. The highest BCUT2D eigenvalue weighted by molar-refractivity contribution is 7.91. The second-order valence-electron chi connectivity index (χ2n) is 5.87. The molecule has 0 aliphatic carbocycles. The van der Waals surface area contributed by atoms with Crippen molar-refractivity contribution in [2.45, 2.75) is 17.2 Å². The Morgan fingerprint density at radius 3 is 2.20 bits per heavy atom. The molecule has 0 bridgehead atoms. The number of methoxy groups -OCH3 is 2. The number of amides is 1. The summed E-state index contributed by atoms with van der Waals surface area (Å²) in [5.41, 5.74) is 0.638. The average Bonchev–Trinajstić information content (AvgIpc) is 2.75. The van der Waals surface area contributed by atoms with Gasteiger partial charge < -0.3 is 19.5 Å². The van der Waals surface area contributed by atoms with Gasteiger partial charge in [0.15, 0.2) is 18.1 Å². The number of benzene rings is 2. The maximum Gasteiger partial charge on any atom is 0.341 e. The van der Waals surface area contributed by atoms with Gasteiger partial charge in [-0.2, -0.15) is 8.78 Å². The van der Waals surface area contributed by atoms with Crippen LogP contribution in [0.2, 0.25) is 0 Å². The third-order valence-electron chi connectivity index (χ3n) is 3.93. The number of alkyl halides is 2. The topological polar surface area (TPSA) is 108 Å². The summed E-state index contributed by atoms with van der Waals surface area (Å²) < 4.78 is 62.9. The zero-order chi connectivity index (χ0) is 22.3. The molecule has 0 saturated heterocycles. The van der Waals surface area contributed by atoms with Crippen molar-refractivity contribution in [1.29, 1.82) is 0 Å². The number of hydrogen-bond acceptors (Lipinski definition) is 7. The Bertz CT molecular complexity index is 1010. The molecule has 0 aromatic heterocycles. The minimum atomic E-state index is -4.75. The Balaban J connectivity index is 1.88. The molecule has 0 unspecified atom stereocenters. The van der Waals surface area contributed by atoms with E-state index in [0.29, 0.717) is 11.5 Å². The van der Waals surface area contributed by atoms with Crippen molar-refractivity contribution in [3.63, 3.8) is 0 Å². The molecule has 2 aromatic carbocycles. The quantitative estimate of drug-likeness (QED) is 0.592. The lowest BCUT2D eigenvalue weighted by atomic mass is 10.2. The molecule has 0 aliphatic heterocycles. The van der Waals surface area contributed by atoms with Crippen LogP contribution in [-0.2, 0) is 25.9 Å². The van der Waals surface area contributed by atoms with Crippen molar-refractivity contribution in [1.82, 2.24) is 5.32 Å². The molecule has 11 heteroatoms. The van der Waals surface area contributed by atoms with Gasteiger partial charge in [0.2, 0.25) is 9.84 Å². The lowest BCUT2D eigenvalue weighted by molar-refractivity contribution is -0.124. The first-order valence-corrected chi connectivity index (χ1v) is 10.0. The number of halogens is 2. The second kappa shape index (κ2) is 10.0. The minimum Gasteiger partial charge on any atom is -0.493 e. The van der Waals surface area contributed by atoms with E-state index < -0.39 is 39.0 Å². The van der Waals surface area contributed by atoms with E-state index in [2.05, 4.69) is 5.32 Å². The zero-order valence-corrected chi connectivity index (χ0v) is 16.9. The molecule has 8 nitrogen and oxygen atoms in total. The Labute approximate surface area is 171 Å². The van der Waals surface area contributed by atoms with E-state index in [9.17, 15) is 26.8 Å². The molecule has 0 fully saturated rings. The van der Waals surface area contributed by atoms with Gasteiger partial charge >= 0.3 is 11.7 Å². The highest BCUT2D eigenvalue weighted by atomic mass is 32.2. The molecule has 1 N–H and O–H groups in total. The van der Waals surface area contributed by atoms with Gasteiger partial charge in [-0.05, 0) is 42.0 Å². The van der Waals surface area contributed by atoms with Crippen LogP contribution in [0.3, 0.4) is 0 Å². The SMILES string of the molecule is COc1ccc(CNC(=O)COC(=O)c2ccc(S(=O)(=O)C(F)F)cc2)cc1OC. The summed E-state index contributed by atoms with van der Waals surface area (Å²) in [4.78, 5) is 23.2. The summed E-state index contributed by atoms with van der Waals surface area (Å²) in [5.74, 6) is -4.01. The van der Waals surface area contributed by atoms with Gasteiger partial charge in [-0.25, -0.2) is 13.2 Å². The zero-order valence-electron chi connectivity index (χ0n) is 16.1. The number of nitrogens with one attached hydrogen (secondary N) is 1. The molecule has 0 saturated carbocycles. The van der Waals surface area contributed by atoms with Gasteiger partial charge in [-0.1, -0.05) is 6.07 Å². The predicted octanol–water partition coefficient (Wildman–Crippen LogP) is 2.17. The molecule has 0 aliphatic rings. The number of carbonyl (C=O) groups excluding carboxylic acids is 2. The van der Waals surface area contributed by atoms with Gasteiger partial charge in [0, 0.05) is 6.54 Å². The van der Waals surface area contributed by atoms with E-state index >= 15 is 0 Å². The van der Waals surface area contributed by atoms with Crippen LogP contribution in [0.25, 0.3) is 0 Å². The largest absolute Gasteiger partial charge is 0.493 e. The number of hydrogen-bond donors (Lipinski definition) is 1. The van der Waals surface area contributed by atoms with E-state index in [4.69, 9.17) is 14.2 Å². The lowest BCUT2D eigenvalue weighted by Crippen LogP contribution is -2.28. The number of ether oxygens (including phenoxy) is 3. The summed E-state index contributed by atoms with van der Waals surface area (Å²) >= 11 is 0. The van der Waals surface area contributed by atoms with Crippen molar-refractivity contribution in [3.05, 3.63) is 53.6 Å². The Morgan fingerprint density at radius 2 is 1.63 bits per heavy atom. The van der Waals surface area contributed by atoms with Crippen LogP contribution in [0.4, 0.5) is 8.78 Å². The summed E-state index contributed by atoms with van der Waals surface area (Å²) in [6.45, 7) is -0.430. The van der Waals surface area contributed by atoms with Gasteiger partial charge in [0.25, 0.3) is 5.91 Å². The maximum atomic E-state index is 12.5. The van der Waals surface area contributed by atoms with Crippen molar-refractivity contribution in [2.24, 2.45) is 0 Å². The van der Waals surface area contributed by atoms with Crippen molar-refractivity contribution < 1.29 is 41.0 Å². The molecule has 0 radical (unpaired) electrons. The Morgan fingerprint density at radius 1 is 1.00 bits per heavy atom. The van der Waals surface area contributed by atoms with Crippen molar-refractivity contribution >= 4 is 21.7 Å². The fourth-order valence-electron chi connectivity index (χ4n) is 2.34. The van der Waals surface area contributed by atoms with Crippen LogP contribution in [0.15, 0.2) is 47.4 Å². The van der Waals surface area contributed by atoms with E-state index in [1.165, 1.54) is 14.2 Å². The van der Waals surface area contributed by atoms with Crippen molar-refractivity contribution in [2.75, 3.05) is 20.8 Å². The number of carbonyl (C=O) groups is 2. The molecule has 2 rings (SSSR count). The molecule has 0 atom stereocenters. The van der Waals surface area contributed by atoms with Crippen molar-refractivity contribution in [3.8, 4) is 11.5 Å². The highest BCUT2D eigenvalue weighted by Crippen LogP contribution is 2.27. The van der Waals surface area contributed by atoms with Gasteiger partial charge in [-0.15, -0.1) is 0 Å². The number of esters is 1. The Hall–Kier alpha value is -3.21. The number of rotatable bonds is 9. The third kappa shape index (κ3) is 5.66. The molecular weight excluding hydrogens is 424 g/mol. The minimum absolute atomic E-state index is 0.0871. The van der Waals surface area contributed by atoms with Crippen LogP contribution < -0.4 is 14.8 Å². The standard InChI is InChI=1S/C19H19F2NO7S/c1-27-15-8-3-12(9-16(15)28-2)10-22-17(23)11-29-18(24)13-4-6-14(7-5-13)30(25,26)19(20)21/h3-9,19H,10-11H2,1-2H3,(H,22,23). The van der Waals surface area contributed by atoms with E-state index in [1.807, 2.05) is 0 Å². The predicted molar refractivity (Wildman–Crippen MR) is 101 cm³/mol. The van der Waals surface area contributed by atoms with Crippen LogP contribution in [0.1, 0.15) is 15.9 Å². The Kier molecular flexibility index (Phi) is 7.70. The smallest absolute Gasteiger partial charge is 0.341 e. The first-order chi connectivity index (χ1) is 14.2. The summed E-state index contributed by atoms with van der Waals surface area (Å²) in [5, 5.41) is 2.56. The van der Waals surface area contributed by atoms with E-state index in [-0.39, 0.29) is 12.1 Å². The average molecular weight is 443 g/mol. The lowest BCUT2D eigenvalue weighted by Gasteiger charge is -2.10. The normalized spacial score (nSPS) is 11.1. The van der Waals surface area contributed by atoms with E-state index in [0.717, 1.165) is 29.8 Å². The molecule has 0 heterocycles. The third-order valence-corrected chi connectivity index (χ3v) is 5.32. The van der Waals surface area contributed by atoms with Gasteiger partial charge in [0.1, 0.15) is 0 Å². The molecule has 0 spiro atoms. The monoisotopic (exact) mass is 443 g/mol.